The van der Waals surface area contributed by atoms with Crippen molar-refractivity contribution >= 4 is 27.5 Å². The Balaban J connectivity index is 2.01. The monoisotopic (exact) mass is 332 g/mol. The highest BCUT2D eigenvalue weighted by molar-refractivity contribution is 9.10. The fourth-order valence-corrected chi connectivity index (χ4v) is 2.44. The van der Waals surface area contributed by atoms with Crippen LogP contribution in [0.3, 0.4) is 0 Å². The first kappa shape index (κ1) is 14.6. The Kier molecular flexibility index (Phi) is 4.79. The van der Waals surface area contributed by atoms with Gasteiger partial charge in [-0.2, -0.15) is 0 Å². The van der Waals surface area contributed by atoms with Crippen LogP contribution >= 0.6 is 15.9 Å². The van der Waals surface area contributed by atoms with Gasteiger partial charge in [0, 0.05) is 23.8 Å². The fraction of sp³-hybridized carbons (Fsp3) is 0.188. The summed E-state index contributed by atoms with van der Waals surface area (Å²) in [6, 6.07) is 15.4. The second kappa shape index (κ2) is 6.57. The summed E-state index contributed by atoms with van der Waals surface area (Å²) in [5, 5.41) is 0. The SMILES string of the molecule is CN(Cc1cccc(Br)c1)C(=O)Cc1ccccc1N. The van der Waals surface area contributed by atoms with Crippen molar-refractivity contribution in [2.45, 2.75) is 13.0 Å². The van der Waals surface area contributed by atoms with Crippen LogP contribution in [0.15, 0.2) is 53.0 Å². The van der Waals surface area contributed by atoms with Crippen LogP contribution in [-0.2, 0) is 17.8 Å². The zero-order valence-corrected chi connectivity index (χ0v) is 12.9. The van der Waals surface area contributed by atoms with Gasteiger partial charge in [-0.15, -0.1) is 0 Å². The van der Waals surface area contributed by atoms with Gasteiger partial charge < -0.3 is 10.6 Å². The van der Waals surface area contributed by atoms with Crippen LogP contribution in [0, 0.1) is 0 Å². The van der Waals surface area contributed by atoms with Crippen molar-refractivity contribution in [1.29, 1.82) is 0 Å². The summed E-state index contributed by atoms with van der Waals surface area (Å²) >= 11 is 3.43. The Hall–Kier alpha value is -1.81. The maximum atomic E-state index is 12.2. The van der Waals surface area contributed by atoms with Crippen LogP contribution in [0.25, 0.3) is 0 Å². The highest BCUT2D eigenvalue weighted by Crippen LogP contribution is 2.15. The molecular weight excluding hydrogens is 316 g/mol. The molecular formula is C16H17BrN2O. The number of nitrogens with zero attached hydrogens (tertiary/aromatic N) is 1. The lowest BCUT2D eigenvalue weighted by molar-refractivity contribution is -0.129. The van der Waals surface area contributed by atoms with Crippen LogP contribution in [0.5, 0.6) is 0 Å². The number of nitrogen functional groups attached to an aromatic ring is 1. The smallest absolute Gasteiger partial charge is 0.227 e. The number of anilines is 1. The lowest BCUT2D eigenvalue weighted by atomic mass is 10.1. The van der Waals surface area contributed by atoms with Gasteiger partial charge in [-0.25, -0.2) is 0 Å². The predicted octanol–water partition coefficient (Wildman–Crippen LogP) is 3.23. The minimum atomic E-state index is 0.0582. The Labute approximate surface area is 127 Å². The number of amides is 1. The first-order chi connectivity index (χ1) is 9.56. The number of hydrogen-bond donors (Lipinski definition) is 1. The molecule has 0 radical (unpaired) electrons. The molecule has 0 aliphatic carbocycles. The molecule has 2 aromatic carbocycles. The van der Waals surface area contributed by atoms with Crippen molar-refractivity contribution in [2.75, 3.05) is 12.8 Å². The zero-order chi connectivity index (χ0) is 14.5. The van der Waals surface area contributed by atoms with Gasteiger partial charge in [-0.3, -0.25) is 4.79 Å². The highest BCUT2D eigenvalue weighted by Gasteiger charge is 2.11. The first-order valence-corrected chi connectivity index (χ1v) is 7.17. The van der Waals surface area contributed by atoms with E-state index >= 15 is 0 Å². The van der Waals surface area contributed by atoms with Crippen LogP contribution in [0.1, 0.15) is 11.1 Å². The number of nitrogens with two attached hydrogens (primary N) is 1. The van der Waals surface area contributed by atoms with E-state index in [0.717, 1.165) is 15.6 Å². The van der Waals surface area contributed by atoms with Gasteiger partial charge in [-0.05, 0) is 29.3 Å². The first-order valence-electron chi connectivity index (χ1n) is 6.38. The second-order valence-corrected chi connectivity index (χ2v) is 5.67. The molecule has 0 heterocycles. The van der Waals surface area contributed by atoms with Crippen molar-refractivity contribution < 1.29 is 4.79 Å². The van der Waals surface area contributed by atoms with E-state index in [0.29, 0.717) is 18.7 Å². The summed E-state index contributed by atoms with van der Waals surface area (Å²) in [5.74, 6) is 0.0582. The van der Waals surface area contributed by atoms with Gasteiger partial charge in [0.25, 0.3) is 0 Å². The summed E-state index contributed by atoms with van der Waals surface area (Å²) in [4.78, 5) is 13.9. The van der Waals surface area contributed by atoms with Crippen LogP contribution in [-0.4, -0.2) is 17.9 Å². The third-order valence-electron chi connectivity index (χ3n) is 3.13. The Morgan fingerprint density at radius 2 is 1.95 bits per heavy atom. The zero-order valence-electron chi connectivity index (χ0n) is 11.3. The van der Waals surface area contributed by atoms with Crippen molar-refractivity contribution in [3.05, 3.63) is 64.1 Å². The van der Waals surface area contributed by atoms with Crippen LogP contribution in [0.4, 0.5) is 5.69 Å². The molecule has 0 saturated heterocycles. The standard InChI is InChI=1S/C16H17BrN2O/c1-19(11-12-5-4-7-14(17)9-12)16(20)10-13-6-2-3-8-15(13)18/h2-9H,10-11,18H2,1H3. The maximum Gasteiger partial charge on any atom is 0.227 e. The van der Waals surface area contributed by atoms with Gasteiger partial charge in [0.05, 0.1) is 6.42 Å². The average Bonchev–Trinajstić information content (AvgIpc) is 2.41. The molecule has 3 nitrogen and oxygen atoms in total. The molecule has 0 unspecified atom stereocenters. The number of hydrogen-bond acceptors (Lipinski definition) is 2. The molecule has 0 aliphatic rings. The van der Waals surface area contributed by atoms with Crippen molar-refractivity contribution in [3.8, 4) is 0 Å². The predicted molar refractivity (Wildman–Crippen MR) is 85.2 cm³/mol. The highest BCUT2D eigenvalue weighted by atomic mass is 79.9. The summed E-state index contributed by atoms with van der Waals surface area (Å²) in [6.45, 7) is 0.588. The molecule has 104 valence electrons. The normalized spacial score (nSPS) is 10.3. The largest absolute Gasteiger partial charge is 0.398 e. The van der Waals surface area contributed by atoms with Gasteiger partial charge in [0.1, 0.15) is 0 Å². The average molecular weight is 333 g/mol. The van der Waals surface area contributed by atoms with Crippen molar-refractivity contribution in [3.63, 3.8) is 0 Å². The van der Waals surface area contributed by atoms with Gasteiger partial charge in [-0.1, -0.05) is 46.3 Å². The molecule has 20 heavy (non-hydrogen) atoms. The number of carbonyl (C=O) groups is 1. The molecule has 4 heteroatoms. The molecule has 0 saturated carbocycles. The van der Waals surface area contributed by atoms with E-state index in [1.165, 1.54) is 0 Å². The molecule has 0 bridgehead atoms. The lowest BCUT2D eigenvalue weighted by Crippen LogP contribution is -2.27. The van der Waals surface area contributed by atoms with E-state index in [1.54, 1.807) is 4.90 Å². The molecule has 0 fully saturated rings. The molecule has 2 aromatic rings. The molecule has 0 aliphatic heterocycles. The third-order valence-corrected chi connectivity index (χ3v) is 3.62. The van der Waals surface area contributed by atoms with E-state index < -0.39 is 0 Å². The van der Waals surface area contributed by atoms with E-state index in [-0.39, 0.29) is 5.91 Å². The summed E-state index contributed by atoms with van der Waals surface area (Å²) in [5.41, 5.74) is 8.50. The fourth-order valence-electron chi connectivity index (χ4n) is 1.99. The Bertz CT molecular complexity index is 613. The van der Waals surface area contributed by atoms with Crippen molar-refractivity contribution in [1.82, 2.24) is 4.90 Å². The quantitative estimate of drug-likeness (QED) is 0.873. The molecule has 2 rings (SSSR count). The third kappa shape index (κ3) is 3.84. The molecule has 0 atom stereocenters. The molecule has 2 N–H and O–H groups in total. The maximum absolute atomic E-state index is 12.2. The lowest BCUT2D eigenvalue weighted by Gasteiger charge is -2.18. The van der Waals surface area contributed by atoms with Crippen LogP contribution < -0.4 is 5.73 Å². The van der Waals surface area contributed by atoms with E-state index in [2.05, 4.69) is 15.9 Å². The minimum Gasteiger partial charge on any atom is -0.398 e. The number of para-hydroxylation sites is 1. The summed E-state index contributed by atoms with van der Waals surface area (Å²) in [7, 11) is 1.81. The second-order valence-electron chi connectivity index (χ2n) is 4.76. The number of likely N-dealkylation sites (N-methyl/N-ethyl adjacent to an activating group) is 1. The number of carbonyl (C=O) groups excluding carboxylic acids is 1. The summed E-state index contributed by atoms with van der Waals surface area (Å²) < 4.78 is 1.02. The Morgan fingerprint density at radius 1 is 1.20 bits per heavy atom. The molecule has 1 amide bonds. The van der Waals surface area contributed by atoms with Gasteiger partial charge in [0.15, 0.2) is 0 Å². The van der Waals surface area contributed by atoms with Crippen molar-refractivity contribution in [2.24, 2.45) is 0 Å². The molecule has 0 spiro atoms. The topological polar surface area (TPSA) is 46.3 Å². The van der Waals surface area contributed by atoms with Crippen LogP contribution in [0.2, 0.25) is 0 Å². The van der Waals surface area contributed by atoms with E-state index in [4.69, 9.17) is 5.73 Å². The van der Waals surface area contributed by atoms with Gasteiger partial charge >= 0.3 is 0 Å². The number of benzene rings is 2. The Morgan fingerprint density at radius 3 is 2.65 bits per heavy atom. The minimum absolute atomic E-state index is 0.0582. The number of halogens is 1. The summed E-state index contributed by atoms with van der Waals surface area (Å²) in [6.07, 6.45) is 0.331. The number of rotatable bonds is 4. The van der Waals surface area contributed by atoms with Gasteiger partial charge in [0.2, 0.25) is 5.91 Å². The molecule has 0 aromatic heterocycles. The van der Waals surface area contributed by atoms with E-state index in [1.807, 2.05) is 55.6 Å². The van der Waals surface area contributed by atoms with E-state index in [9.17, 15) is 4.79 Å².